The first-order chi connectivity index (χ1) is 12.3. The van der Waals surface area contributed by atoms with Gasteiger partial charge in [-0.05, 0) is 46.5 Å². The number of hydrogen-bond acceptors (Lipinski definition) is 6. The van der Waals surface area contributed by atoms with Crippen molar-refractivity contribution in [3.63, 3.8) is 0 Å². The molecule has 1 unspecified atom stereocenters. The molecule has 7 heteroatoms. The molecule has 2 fully saturated rings. The molecule has 26 heavy (non-hydrogen) atoms. The van der Waals surface area contributed by atoms with Crippen LogP contribution in [-0.2, 0) is 19.0 Å². The minimum absolute atomic E-state index is 0.116. The lowest BCUT2D eigenvalue weighted by molar-refractivity contribution is -0.152. The van der Waals surface area contributed by atoms with Gasteiger partial charge in [0.05, 0.1) is 25.7 Å². The van der Waals surface area contributed by atoms with Crippen LogP contribution in [-0.4, -0.2) is 80.0 Å². The highest BCUT2D eigenvalue weighted by Gasteiger charge is 2.36. The molecule has 0 radical (unpaired) electrons. The Kier molecular flexibility index (Phi) is 7.70. The lowest BCUT2D eigenvalue weighted by Crippen LogP contribution is -2.47. The van der Waals surface area contributed by atoms with E-state index < -0.39 is 5.60 Å². The summed E-state index contributed by atoms with van der Waals surface area (Å²) in [5.74, 6) is -0.0286. The van der Waals surface area contributed by atoms with Crippen LogP contribution < -0.4 is 0 Å². The van der Waals surface area contributed by atoms with Crippen LogP contribution in [0.15, 0.2) is 0 Å². The summed E-state index contributed by atoms with van der Waals surface area (Å²) in [5, 5.41) is 0. The van der Waals surface area contributed by atoms with Crippen molar-refractivity contribution in [2.45, 2.75) is 46.1 Å². The molecule has 2 heterocycles. The van der Waals surface area contributed by atoms with Gasteiger partial charge in [0, 0.05) is 32.7 Å². The fourth-order valence-electron chi connectivity index (χ4n) is 3.54. The molecule has 1 amide bonds. The Morgan fingerprint density at radius 1 is 1.12 bits per heavy atom. The maximum atomic E-state index is 12.5. The first-order valence-electron chi connectivity index (χ1n) is 9.75. The normalized spacial score (nSPS) is 21.3. The fraction of sp³-hybridized carbons (Fsp3) is 0.895. The van der Waals surface area contributed by atoms with E-state index in [1.54, 1.807) is 4.90 Å². The summed E-state index contributed by atoms with van der Waals surface area (Å²) in [6, 6.07) is 0. The van der Waals surface area contributed by atoms with Gasteiger partial charge in [0.2, 0.25) is 0 Å². The third-order valence-electron chi connectivity index (χ3n) is 4.91. The molecule has 1 atom stereocenters. The molecule has 0 N–H and O–H groups in total. The van der Waals surface area contributed by atoms with E-state index in [1.807, 2.05) is 27.7 Å². The van der Waals surface area contributed by atoms with Gasteiger partial charge < -0.3 is 19.1 Å². The molecule has 2 aliphatic heterocycles. The minimum Gasteiger partial charge on any atom is -0.466 e. The quantitative estimate of drug-likeness (QED) is 0.691. The first-order valence-corrected chi connectivity index (χ1v) is 9.75. The number of morpholine rings is 1. The van der Waals surface area contributed by atoms with Crippen molar-refractivity contribution in [2.24, 2.45) is 11.8 Å². The van der Waals surface area contributed by atoms with E-state index in [2.05, 4.69) is 4.90 Å². The number of ether oxygens (including phenoxy) is 3. The molecular formula is C19H34N2O5. The maximum Gasteiger partial charge on any atom is 0.410 e. The summed E-state index contributed by atoms with van der Waals surface area (Å²) >= 11 is 0. The van der Waals surface area contributed by atoms with Crippen LogP contribution >= 0.6 is 0 Å². The second-order valence-corrected chi connectivity index (χ2v) is 8.08. The van der Waals surface area contributed by atoms with E-state index in [0.717, 1.165) is 25.9 Å². The molecule has 0 bridgehead atoms. The molecule has 2 saturated heterocycles. The Labute approximate surface area is 156 Å². The Morgan fingerprint density at radius 3 is 2.27 bits per heavy atom. The summed E-state index contributed by atoms with van der Waals surface area (Å²) in [4.78, 5) is 28.8. The molecule has 0 spiro atoms. The smallest absolute Gasteiger partial charge is 0.410 e. The van der Waals surface area contributed by atoms with Crippen molar-refractivity contribution in [3.05, 3.63) is 0 Å². The van der Waals surface area contributed by atoms with E-state index >= 15 is 0 Å². The summed E-state index contributed by atoms with van der Waals surface area (Å²) in [6.45, 7) is 12.9. The average molecular weight is 370 g/mol. The minimum atomic E-state index is -0.488. The Balaban J connectivity index is 1.92. The number of piperidine rings is 1. The van der Waals surface area contributed by atoms with Crippen LogP contribution in [0.25, 0.3) is 0 Å². The topological polar surface area (TPSA) is 68.3 Å². The van der Waals surface area contributed by atoms with Crippen molar-refractivity contribution in [2.75, 3.05) is 52.5 Å². The predicted molar refractivity (Wildman–Crippen MR) is 97.9 cm³/mol. The molecule has 0 aromatic heterocycles. The number of nitrogens with zero attached hydrogens (tertiary/aromatic N) is 2. The standard InChI is InChI=1S/C19H34N2O5/c1-5-25-17(22)16(14-20-10-12-24-13-11-20)15-6-8-21(9-7-15)18(23)26-19(2,3)4/h15-16H,5-14H2,1-4H3. The summed E-state index contributed by atoms with van der Waals surface area (Å²) < 4.78 is 16.2. The number of amides is 1. The van der Waals surface area contributed by atoms with Gasteiger partial charge in [0.25, 0.3) is 0 Å². The molecule has 2 aliphatic rings. The van der Waals surface area contributed by atoms with E-state index in [0.29, 0.717) is 39.5 Å². The second kappa shape index (κ2) is 9.55. The van der Waals surface area contributed by atoms with Crippen molar-refractivity contribution < 1.29 is 23.8 Å². The Bertz CT molecular complexity index is 463. The molecular weight excluding hydrogens is 336 g/mol. The number of rotatable bonds is 5. The molecule has 0 saturated carbocycles. The second-order valence-electron chi connectivity index (χ2n) is 8.08. The monoisotopic (exact) mass is 370 g/mol. The van der Waals surface area contributed by atoms with Crippen LogP contribution in [0.1, 0.15) is 40.5 Å². The Morgan fingerprint density at radius 2 is 1.73 bits per heavy atom. The molecule has 0 aromatic carbocycles. The third-order valence-corrected chi connectivity index (χ3v) is 4.91. The maximum absolute atomic E-state index is 12.5. The number of carbonyl (C=O) groups is 2. The molecule has 0 aliphatic carbocycles. The van der Waals surface area contributed by atoms with Gasteiger partial charge >= 0.3 is 12.1 Å². The highest BCUT2D eigenvalue weighted by atomic mass is 16.6. The van der Waals surface area contributed by atoms with Crippen LogP contribution in [0.4, 0.5) is 4.79 Å². The third kappa shape index (κ3) is 6.43. The van der Waals surface area contributed by atoms with Crippen LogP contribution in [0, 0.1) is 11.8 Å². The number of hydrogen-bond donors (Lipinski definition) is 0. The predicted octanol–water partition coefficient (Wildman–Crippen LogP) is 2.14. The molecule has 2 rings (SSSR count). The number of carbonyl (C=O) groups excluding carboxylic acids is 2. The molecule has 150 valence electrons. The lowest BCUT2D eigenvalue weighted by Gasteiger charge is -2.38. The zero-order valence-corrected chi connectivity index (χ0v) is 16.7. The largest absolute Gasteiger partial charge is 0.466 e. The van der Waals surface area contributed by atoms with E-state index in [-0.39, 0.29) is 23.9 Å². The van der Waals surface area contributed by atoms with Gasteiger partial charge in [0.1, 0.15) is 5.60 Å². The highest BCUT2D eigenvalue weighted by molar-refractivity contribution is 5.73. The Hall–Kier alpha value is -1.34. The van der Waals surface area contributed by atoms with Crippen molar-refractivity contribution in [3.8, 4) is 0 Å². The van der Waals surface area contributed by atoms with Gasteiger partial charge in [-0.25, -0.2) is 4.79 Å². The first kappa shape index (κ1) is 21.0. The highest BCUT2D eigenvalue weighted by Crippen LogP contribution is 2.28. The number of likely N-dealkylation sites (tertiary alicyclic amines) is 1. The molecule has 7 nitrogen and oxygen atoms in total. The van der Waals surface area contributed by atoms with Gasteiger partial charge in [0.15, 0.2) is 0 Å². The van der Waals surface area contributed by atoms with Gasteiger partial charge in [-0.1, -0.05) is 0 Å². The van der Waals surface area contributed by atoms with Crippen LogP contribution in [0.3, 0.4) is 0 Å². The van der Waals surface area contributed by atoms with Crippen LogP contribution in [0.5, 0.6) is 0 Å². The molecule has 0 aromatic rings. The fourth-order valence-corrected chi connectivity index (χ4v) is 3.54. The van der Waals surface area contributed by atoms with Gasteiger partial charge in [-0.3, -0.25) is 9.69 Å². The average Bonchev–Trinajstić information content (AvgIpc) is 2.59. The van der Waals surface area contributed by atoms with Crippen LogP contribution in [0.2, 0.25) is 0 Å². The van der Waals surface area contributed by atoms with E-state index in [4.69, 9.17) is 14.2 Å². The zero-order valence-electron chi connectivity index (χ0n) is 16.7. The summed E-state index contributed by atoms with van der Waals surface area (Å²) in [7, 11) is 0. The van der Waals surface area contributed by atoms with Gasteiger partial charge in [-0.2, -0.15) is 0 Å². The summed E-state index contributed by atoms with van der Waals surface area (Å²) in [5.41, 5.74) is -0.488. The van der Waals surface area contributed by atoms with Crippen molar-refractivity contribution in [1.82, 2.24) is 9.80 Å². The van der Waals surface area contributed by atoms with E-state index in [9.17, 15) is 9.59 Å². The van der Waals surface area contributed by atoms with Crippen molar-refractivity contribution in [1.29, 1.82) is 0 Å². The SMILES string of the molecule is CCOC(=O)C(CN1CCOCC1)C1CCN(C(=O)OC(C)(C)C)CC1. The zero-order chi connectivity index (χ0) is 19.2. The van der Waals surface area contributed by atoms with E-state index in [1.165, 1.54) is 0 Å². The number of esters is 1. The van der Waals surface area contributed by atoms with Crippen molar-refractivity contribution >= 4 is 12.1 Å². The van der Waals surface area contributed by atoms with Gasteiger partial charge in [-0.15, -0.1) is 0 Å². The lowest BCUT2D eigenvalue weighted by atomic mass is 9.83. The summed E-state index contributed by atoms with van der Waals surface area (Å²) in [6.07, 6.45) is 1.33.